The van der Waals surface area contributed by atoms with Gasteiger partial charge in [-0.05, 0) is 38.6 Å². The summed E-state index contributed by atoms with van der Waals surface area (Å²) in [5.41, 5.74) is 5.99. The van der Waals surface area contributed by atoms with Crippen molar-refractivity contribution in [3.8, 4) is 0 Å². The Balaban J connectivity index is 2.34. The molecule has 2 rings (SSSR count). The third-order valence-corrected chi connectivity index (χ3v) is 6.20. The fraction of sp³-hybridized carbons (Fsp3) is 0.538. The maximum atomic E-state index is 12.7. The quantitative estimate of drug-likeness (QED) is 0.861. The molecule has 0 radical (unpaired) electrons. The van der Waals surface area contributed by atoms with Gasteiger partial charge in [-0.25, -0.2) is 8.42 Å². The van der Waals surface area contributed by atoms with Crippen LogP contribution in [-0.2, 0) is 10.0 Å². The molecule has 0 bridgehead atoms. The summed E-state index contributed by atoms with van der Waals surface area (Å²) in [7, 11) is -0.0780. The topological polar surface area (TPSA) is 66.6 Å². The first kappa shape index (κ1) is 15.6. The fourth-order valence-electron chi connectivity index (χ4n) is 2.57. The van der Waals surface area contributed by atoms with Crippen molar-refractivity contribution in [2.24, 2.45) is 0 Å². The van der Waals surface area contributed by atoms with Gasteiger partial charge in [-0.1, -0.05) is 17.7 Å². The molecule has 1 aliphatic rings. The van der Waals surface area contributed by atoms with Crippen LogP contribution in [-0.4, -0.2) is 50.8 Å². The molecule has 1 saturated heterocycles. The van der Waals surface area contributed by atoms with Crippen LogP contribution in [0.3, 0.4) is 0 Å². The lowest BCUT2D eigenvalue weighted by Gasteiger charge is -2.35. The molecule has 7 heteroatoms. The van der Waals surface area contributed by atoms with Crippen molar-refractivity contribution in [1.82, 2.24) is 9.21 Å². The zero-order valence-electron chi connectivity index (χ0n) is 11.7. The number of hydrogen-bond donors (Lipinski definition) is 1. The van der Waals surface area contributed by atoms with Crippen LogP contribution in [0.5, 0.6) is 0 Å². The summed E-state index contributed by atoms with van der Waals surface area (Å²) in [4.78, 5) is 2.15. The maximum Gasteiger partial charge on any atom is 0.246 e. The lowest BCUT2D eigenvalue weighted by molar-refractivity contribution is 0.187. The Kier molecular flexibility index (Phi) is 4.59. The van der Waals surface area contributed by atoms with Gasteiger partial charge >= 0.3 is 0 Å². The summed E-state index contributed by atoms with van der Waals surface area (Å²) >= 11 is 6.03. The monoisotopic (exact) mass is 317 g/mol. The maximum absolute atomic E-state index is 12.7. The Morgan fingerprint density at radius 2 is 2.15 bits per heavy atom. The van der Waals surface area contributed by atoms with Gasteiger partial charge in [0.1, 0.15) is 4.90 Å². The number of piperidine rings is 1. The first-order valence-corrected chi connectivity index (χ1v) is 8.36. The van der Waals surface area contributed by atoms with Gasteiger partial charge in [0.05, 0.1) is 10.7 Å². The highest BCUT2D eigenvalue weighted by Crippen LogP contribution is 2.31. The molecule has 112 valence electrons. The Morgan fingerprint density at radius 1 is 1.45 bits per heavy atom. The molecule has 1 heterocycles. The molecular weight excluding hydrogens is 298 g/mol. The van der Waals surface area contributed by atoms with Gasteiger partial charge < -0.3 is 10.6 Å². The van der Waals surface area contributed by atoms with Crippen LogP contribution in [0.2, 0.25) is 5.02 Å². The molecule has 1 aromatic rings. The number of likely N-dealkylation sites (tertiary alicyclic amines) is 1. The normalized spacial score (nSPS) is 21.3. The van der Waals surface area contributed by atoms with Crippen LogP contribution in [0.1, 0.15) is 12.8 Å². The Morgan fingerprint density at radius 3 is 2.75 bits per heavy atom. The number of sulfonamides is 1. The molecule has 0 amide bonds. The minimum atomic E-state index is -3.67. The minimum Gasteiger partial charge on any atom is -0.398 e. The third-order valence-electron chi connectivity index (χ3n) is 3.75. The van der Waals surface area contributed by atoms with Gasteiger partial charge in [-0.15, -0.1) is 0 Å². The number of likely N-dealkylation sites (N-methyl/N-ethyl adjacent to an activating group) is 2. The predicted molar refractivity (Wildman–Crippen MR) is 81.3 cm³/mol. The lowest BCUT2D eigenvalue weighted by atomic mass is 10.1. The van der Waals surface area contributed by atoms with E-state index < -0.39 is 10.0 Å². The number of rotatable bonds is 3. The SMILES string of the molecule is CN1CCCC(N(C)S(=O)(=O)c2c(N)cccc2Cl)C1. The standard InChI is InChI=1S/C13H20ClN3O2S/c1-16-8-4-5-10(9-16)17(2)20(18,19)13-11(14)6-3-7-12(13)15/h3,6-7,10H,4-5,8-9,15H2,1-2H3. The summed E-state index contributed by atoms with van der Waals surface area (Å²) in [5, 5.41) is 0.168. The third kappa shape index (κ3) is 2.93. The van der Waals surface area contributed by atoms with E-state index in [-0.39, 0.29) is 21.6 Å². The van der Waals surface area contributed by atoms with Crippen molar-refractivity contribution in [3.05, 3.63) is 23.2 Å². The molecule has 0 spiro atoms. The molecule has 20 heavy (non-hydrogen) atoms. The van der Waals surface area contributed by atoms with Gasteiger partial charge in [0.2, 0.25) is 10.0 Å². The van der Waals surface area contributed by atoms with E-state index in [0.717, 1.165) is 25.9 Å². The number of halogens is 1. The number of anilines is 1. The number of benzene rings is 1. The minimum absolute atomic E-state index is 0.0115. The van der Waals surface area contributed by atoms with Crippen molar-refractivity contribution in [2.75, 3.05) is 32.9 Å². The molecule has 0 aromatic heterocycles. The number of nitrogens with two attached hydrogens (primary N) is 1. The van der Waals surface area contributed by atoms with Crippen LogP contribution in [0.4, 0.5) is 5.69 Å². The second-order valence-corrected chi connectivity index (χ2v) is 7.58. The molecule has 0 saturated carbocycles. The first-order valence-electron chi connectivity index (χ1n) is 6.54. The average Bonchev–Trinajstić information content (AvgIpc) is 2.37. The van der Waals surface area contributed by atoms with Gasteiger partial charge in [0.15, 0.2) is 0 Å². The van der Waals surface area contributed by atoms with Crippen LogP contribution < -0.4 is 5.73 Å². The summed E-state index contributed by atoms with van der Waals surface area (Å²) in [6.07, 6.45) is 1.84. The summed E-state index contributed by atoms with van der Waals surface area (Å²) in [5.74, 6) is 0. The molecule has 1 aliphatic heterocycles. The lowest BCUT2D eigenvalue weighted by Crippen LogP contribution is -2.47. The predicted octanol–water partition coefficient (Wildman–Crippen LogP) is 1.64. The van der Waals surface area contributed by atoms with Gasteiger partial charge in [-0.3, -0.25) is 0 Å². The van der Waals surface area contributed by atoms with E-state index in [4.69, 9.17) is 17.3 Å². The highest BCUT2D eigenvalue weighted by atomic mass is 35.5. The molecule has 0 aliphatic carbocycles. The Bertz CT molecular complexity index is 571. The van der Waals surface area contributed by atoms with E-state index in [9.17, 15) is 8.42 Å². The fourth-order valence-corrected chi connectivity index (χ4v) is 4.58. The van der Waals surface area contributed by atoms with E-state index in [1.165, 1.54) is 4.31 Å². The molecule has 1 unspecified atom stereocenters. The highest BCUT2D eigenvalue weighted by Gasteiger charge is 2.33. The van der Waals surface area contributed by atoms with Crippen molar-refractivity contribution >= 4 is 27.3 Å². The van der Waals surface area contributed by atoms with Gasteiger partial charge in [0.25, 0.3) is 0 Å². The molecule has 1 atom stereocenters. The first-order chi connectivity index (χ1) is 9.34. The Labute approximate surface area is 125 Å². The average molecular weight is 318 g/mol. The van der Waals surface area contributed by atoms with Crippen molar-refractivity contribution in [1.29, 1.82) is 0 Å². The van der Waals surface area contributed by atoms with Crippen LogP contribution in [0.25, 0.3) is 0 Å². The number of nitrogen functional groups attached to an aromatic ring is 1. The number of nitrogens with zero attached hydrogens (tertiary/aromatic N) is 2. The smallest absolute Gasteiger partial charge is 0.246 e. The summed E-state index contributed by atoms with van der Waals surface area (Å²) in [6, 6.07) is 4.70. The van der Waals surface area contributed by atoms with E-state index in [0.29, 0.717) is 0 Å². The van der Waals surface area contributed by atoms with Crippen molar-refractivity contribution < 1.29 is 8.42 Å². The molecule has 1 fully saturated rings. The Hall–Kier alpha value is -0.820. The van der Waals surface area contributed by atoms with E-state index >= 15 is 0 Å². The van der Waals surface area contributed by atoms with Gasteiger partial charge in [-0.2, -0.15) is 4.31 Å². The van der Waals surface area contributed by atoms with E-state index in [1.54, 1.807) is 25.2 Å². The zero-order valence-corrected chi connectivity index (χ0v) is 13.3. The van der Waals surface area contributed by atoms with Crippen LogP contribution in [0, 0.1) is 0 Å². The summed E-state index contributed by atoms with van der Waals surface area (Å²) < 4.78 is 26.8. The molecule has 5 nitrogen and oxygen atoms in total. The van der Waals surface area contributed by atoms with Gasteiger partial charge in [0, 0.05) is 19.6 Å². The molecule has 2 N–H and O–H groups in total. The molecule has 1 aromatic carbocycles. The highest BCUT2D eigenvalue weighted by molar-refractivity contribution is 7.89. The second kappa shape index (κ2) is 5.89. The molecular formula is C13H20ClN3O2S. The summed E-state index contributed by atoms with van der Waals surface area (Å²) in [6.45, 7) is 1.72. The zero-order chi connectivity index (χ0) is 14.9. The van der Waals surface area contributed by atoms with Crippen molar-refractivity contribution in [3.63, 3.8) is 0 Å². The second-order valence-electron chi connectivity index (χ2n) is 5.24. The van der Waals surface area contributed by atoms with Crippen LogP contribution >= 0.6 is 11.6 Å². The van der Waals surface area contributed by atoms with E-state index in [1.807, 2.05) is 7.05 Å². The van der Waals surface area contributed by atoms with Crippen molar-refractivity contribution in [2.45, 2.75) is 23.8 Å². The van der Waals surface area contributed by atoms with Crippen LogP contribution in [0.15, 0.2) is 23.1 Å². The largest absolute Gasteiger partial charge is 0.398 e. The number of hydrogen-bond acceptors (Lipinski definition) is 4. The van der Waals surface area contributed by atoms with E-state index in [2.05, 4.69) is 4.90 Å².